The lowest BCUT2D eigenvalue weighted by atomic mass is 10.1. The Bertz CT molecular complexity index is 1330. The monoisotopic (exact) mass is 477 g/mol. The van der Waals surface area contributed by atoms with Crippen LogP contribution in [0.25, 0.3) is 10.8 Å². The fourth-order valence-corrected chi connectivity index (χ4v) is 3.25. The first-order valence-electron chi connectivity index (χ1n) is 9.25. The normalized spacial score (nSPS) is 11.6. The highest BCUT2D eigenvalue weighted by Crippen LogP contribution is 2.25. The number of amides is 3. The number of anilines is 1. The van der Waals surface area contributed by atoms with Crippen LogP contribution in [-0.2, 0) is 9.59 Å². The van der Waals surface area contributed by atoms with Crippen molar-refractivity contribution < 1.29 is 14.4 Å². The average molecular weight is 478 g/mol. The molecule has 12 heteroatoms. The maximum Gasteiger partial charge on any atom is 0.272 e. The van der Waals surface area contributed by atoms with Crippen LogP contribution < -0.4 is 27.1 Å². The number of aromatic amines is 2. The topological polar surface area (TPSA) is 153 Å². The highest BCUT2D eigenvalue weighted by molar-refractivity contribution is 6.43. The van der Waals surface area contributed by atoms with E-state index in [1.54, 1.807) is 6.07 Å². The van der Waals surface area contributed by atoms with Crippen molar-refractivity contribution in [1.82, 2.24) is 20.8 Å². The van der Waals surface area contributed by atoms with E-state index in [0.717, 1.165) is 0 Å². The molecular weight excluding hydrogens is 461 g/mol. The molecule has 10 nitrogen and oxygen atoms in total. The number of H-pyrrole nitrogens is 2. The predicted molar refractivity (Wildman–Crippen MR) is 120 cm³/mol. The second kappa shape index (κ2) is 9.67. The minimum Gasteiger partial charge on any atom is -0.345 e. The molecule has 1 atom stereocenters. The first-order valence-corrected chi connectivity index (χ1v) is 10.0. The highest BCUT2D eigenvalue weighted by Gasteiger charge is 2.20. The fraction of sp³-hybridized carbons (Fsp3) is 0.150. The first-order chi connectivity index (χ1) is 15.2. The smallest absolute Gasteiger partial charge is 0.272 e. The summed E-state index contributed by atoms with van der Waals surface area (Å²) in [6, 6.07) is 7.94. The van der Waals surface area contributed by atoms with E-state index < -0.39 is 41.4 Å². The Hall–Kier alpha value is -3.63. The third-order valence-electron chi connectivity index (χ3n) is 4.46. The third kappa shape index (κ3) is 4.98. The van der Waals surface area contributed by atoms with Crippen molar-refractivity contribution in [2.45, 2.75) is 13.0 Å². The quantitative estimate of drug-likeness (QED) is 0.363. The summed E-state index contributed by atoms with van der Waals surface area (Å²) < 4.78 is 0. The molecule has 0 radical (unpaired) electrons. The van der Waals surface area contributed by atoms with Gasteiger partial charge in [0.2, 0.25) is 11.8 Å². The Morgan fingerprint density at radius 3 is 2.44 bits per heavy atom. The standard InChI is InChI=1S/C20H17Cl2N5O5/c1-9(24-18(30)11-5-2-6-12(21)16(11)22)17(29)23-8-14(28)25-13-7-3-4-10-15(13)20(32)27-26-19(10)31/h2-7,9H,8H2,1H3,(H,23,29)(H,24,30)(H,25,28)(H,26,31)(H,27,32). The molecule has 5 N–H and O–H groups in total. The van der Waals surface area contributed by atoms with E-state index in [2.05, 4.69) is 26.1 Å². The molecule has 3 aromatic rings. The minimum atomic E-state index is -0.982. The van der Waals surface area contributed by atoms with Crippen LogP contribution in [0.2, 0.25) is 10.0 Å². The fourth-order valence-electron chi connectivity index (χ4n) is 2.87. The molecular formula is C20H17Cl2N5O5. The molecule has 3 rings (SSSR count). The molecule has 32 heavy (non-hydrogen) atoms. The minimum absolute atomic E-state index is 0.00922. The number of hydrogen-bond donors (Lipinski definition) is 5. The van der Waals surface area contributed by atoms with E-state index in [1.165, 1.54) is 37.3 Å². The molecule has 0 saturated carbocycles. The molecule has 0 aliphatic rings. The van der Waals surface area contributed by atoms with Crippen molar-refractivity contribution in [2.24, 2.45) is 0 Å². The van der Waals surface area contributed by atoms with Crippen LogP contribution >= 0.6 is 23.2 Å². The van der Waals surface area contributed by atoms with Crippen LogP contribution in [0.1, 0.15) is 17.3 Å². The number of aromatic nitrogens is 2. The lowest BCUT2D eigenvalue weighted by Gasteiger charge is -2.15. The van der Waals surface area contributed by atoms with Gasteiger partial charge >= 0.3 is 0 Å². The van der Waals surface area contributed by atoms with Crippen molar-refractivity contribution in [2.75, 3.05) is 11.9 Å². The van der Waals surface area contributed by atoms with Gasteiger partial charge in [-0.05, 0) is 31.2 Å². The van der Waals surface area contributed by atoms with Crippen molar-refractivity contribution in [3.63, 3.8) is 0 Å². The SMILES string of the molecule is CC(NC(=O)c1cccc(Cl)c1Cl)C(=O)NCC(=O)Nc1cccc2c(=O)[nH][nH]c(=O)c12. The summed E-state index contributed by atoms with van der Waals surface area (Å²) in [5.74, 6) is -1.87. The number of carbonyl (C=O) groups is 3. The maximum absolute atomic E-state index is 12.3. The van der Waals surface area contributed by atoms with Crippen LogP contribution in [-0.4, -0.2) is 40.5 Å². The lowest BCUT2D eigenvalue weighted by molar-refractivity contribution is -0.125. The predicted octanol–water partition coefficient (Wildman–Crippen LogP) is 1.40. The second-order valence-electron chi connectivity index (χ2n) is 6.70. The number of hydrogen-bond acceptors (Lipinski definition) is 5. The van der Waals surface area contributed by atoms with Gasteiger partial charge in [0.1, 0.15) is 6.04 Å². The molecule has 1 aromatic heterocycles. The summed E-state index contributed by atoms with van der Waals surface area (Å²) in [4.78, 5) is 60.7. The van der Waals surface area contributed by atoms with Crippen LogP contribution in [0.3, 0.4) is 0 Å². The number of halogens is 2. The number of nitrogens with one attached hydrogen (secondary N) is 5. The summed E-state index contributed by atoms with van der Waals surface area (Å²) in [6.45, 7) is 0.995. The Morgan fingerprint density at radius 1 is 1.00 bits per heavy atom. The summed E-state index contributed by atoms with van der Waals surface area (Å²) in [6.07, 6.45) is 0. The van der Waals surface area contributed by atoms with Gasteiger partial charge in [-0.1, -0.05) is 35.3 Å². The number of rotatable bonds is 6. The molecule has 0 bridgehead atoms. The Kier molecular flexibility index (Phi) is 6.96. The van der Waals surface area contributed by atoms with Crippen LogP contribution in [0, 0.1) is 0 Å². The third-order valence-corrected chi connectivity index (χ3v) is 5.28. The number of benzene rings is 2. The molecule has 0 saturated heterocycles. The zero-order chi connectivity index (χ0) is 23.4. The van der Waals surface area contributed by atoms with Gasteiger partial charge in [-0.3, -0.25) is 34.2 Å². The second-order valence-corrected chi connectivity index (χ2v) is 7.48. The molecule has 0 aliphatic carbocycles. The molecule has 1 unspecified atom stereocenters. The van der Waals surface area contributed by atoms with Crippen LogP contribution in [0.4, 0.5) is 5.69 Å². The maximum atomic E-state index is 12.3. The number of carbonyl (C=O) groups excluding carboxylic acids is 3. The average Bonchev–Trinajstić information content (AvgIpc) is 2.76. The summed E-state index contributed by atoms with van der Waals surface area (Å²) >= 11 is 11.9. The van der Waals surface area contributed by atoms with Crippen molar-refractivity contribution >= 4 is 57.4 Å². The molecule has 0 fully saturated rings. The van der Waals surface area contributed by atoms with E-state index in [4.69, 9.17) is 23.2 Å². The van der Waals surface area contributed by atoms with Crippen molar-refractivity contribution in [3.05, 3.63) is 72.7 Å². The van der Waals surface area contributed by atoms with E-state index >= 15 is 0 Å². The van der Waals surface area contributed by atoms with E-state index in [9.17, 15) is 24.0 Å². The molecule has 2 aromatic carbocycles. The highest BCUT2D eigenvalue weighted by atomic mass is 35.5. The van der Waals surface area contributed by atoms with Gasteiger partial charge in [-0.25, -0.2) is 0 Å². The number of fused-ring (bicyclic) bond motifs is 1. The van der Waals surface area contributed by atoms with Crippen molar-refractivity contribution in [1.29, 1.82) is 0 Å². The van der Waals surface area contributed by atoms with Gasteiger partial charge in [0.25, 0.3) is 17.0 Å². The Morgan fingerprint density at radius 2 is 1.69 bits per heavy atom. The molecule has 0 spiro atoms. The van der Waals surface area contributed by atoms with E-state index in [-0.39, 0.29) is 32.1 Å². The zero-order valence-corrected chi connectivity index (χ0v) is 18.1. The van der Waals surface area contributed by atoms with Crippen LogP contribution in [0.15, 0.2) is 46.0 Å². The van der Waals surface area contributed by atoms with Crippen LogP contribution in [0.5, 0.6) is 0 Å². The lowest BCUT2D eigenvalue weighted by Crippen LogP contribution is -2.46. The largest absolute Gasteiger partial charge is 0.345 e. The van der Waals surface area contributed by atoms with Gasteiger partial charge in [-0.2, -0.15) is 0 Å². The Labute approximate surface area is 190 Å². The summed E-state index contributed by atoms with van der Waals surface area (Å²) in [5, 5.41) is 12.1. The van der Waals surface area contributed by atoms with Gasteiger partial charge < -0.3 is 16.0 Å². The van der Waals surface area contributed by atoms with E-state index in [0.29, 0.717) is 0 Å². The summed E-state index contributed by atoms with van der Waals surface area (Å²) in [7, 11) is 0. The molecule has 1 heterocycles. The van der Waals surface area contributed by atoms with E-state index in [1.807, 2.05) is 0 Å². The van der Waals surface area contributed by atoms with Gasteiger partial charge in [0.15, 0.2) is 0 Å². The Balaban J connectivity index is 1.61. The zero-order valence-electron chi connectivity index (χ0n) is 16.5. The molecule has 3 amide bonds. The first kappa shape index (κ1) is 23.0. The van der Waals surface area contributed by atoms with Gasteiger partial charge in [0.05, 0.1) is 38.6 Å². The van der Waals surface area contributed by atoms with Gasteiger partial charge in [0, 0.05) is 0 Å². The van der Waals surface area contributed by atoms with Gasteiger partial charge in [-0.15, -0.1) is 0 Å². The molecule has 0 aliphatic heterocycles. The summed E-state index contributed by atoms with van der Waals surface area (Å²) in [5.41, 5.74) is -0.886. The van der Waals surface area contributed by atoms with Crippen molar-refractivity contribution in [3.8, 4) is 0 Å². The molecule has 166 valence electrons.